The smallest absolute Gasteiger partial charge is 0.303 e. The molecular weight excluding hydrogens is 410 g/mol. The van der Waals surface area contributed by atoms with Gasteiger partial charge >= 0.3 is 5.97 Å². The predicted octanol–water partition coefficient (Wildman–Crippen LogP) is 2.37. The molecule has 0 radical (unpaired) electrons. The van der Waals surface area contributed by atoms with Gasteiger partial charge in [-0.05, 0) is 80.5 Å². The van der Waals surface area contributed by atoms with Gasteiger partial charge in [-0.25, -0.2) is 0 Å². The van der Waals surface area contributed by atoms with E-state index in [0.29, 0.717) is 18.8 Å². The van der Waals surface area contributed by atoms with E-state index in [4.69, 9.17) is 4.74 Å². The van der Waals surface area contributed by atoms with E-state index in [0.717, 1.165) is 38.5 Å². The third kappa shape index (κ3) is 3.51. The molecule has 4 rings (SSSR count). The van der Waals surface area contributed by atoms with Gasteiger partial charge in [0.1, 0.15) is 5.60 Å². The summed E-state index contributed by atoms with van der Waals surface area (Å²) < 4.78 is 4.92. The molecule has 4 aliphatic carbocycles. The maximum Gasteiger partial charge on any atom is 0.303 e. The third-order valence-electron chi connectivity index (χ3n) is 10.0. The molecule has 4 aliphatic rings. The molecule has 7 heteroatoms. The zero-order chi connectivity index (χ0) is 23.5. The Bertz CT molecular complexity index is 799. The Labute approximate surface area is 190 Å². The predicted molar refractivity (Wildman–Crippen MR) is 117 cm³/mol. The van der Waals surface area contributed by atoms with Gasteiger partial charge in [-0.2, -0.15) is 0 Å². The quantitative estimate of drug-likeness (QED) is 0.568. The number of aliphatic hydroxyl groups excluding tert-OH is 1. The number of hydrogen-bond donors (Lipinski definition) is 3. The van der Waals surface area contributed by atoms with Gasteiger partial charge in [0.05, 0.1) is 6.10 Å². The van der Waals surface area contributed by atoms with E-state index >= 15 is 0 Å². The lowest BCUT2D eigenvalue weighted by Gasteiger charge is -2.63. The summed E-state index contributed by atoms with van der Waals surface area (Å²) in [6.45, 7) is 6.68. The van der Waals surface area contributed by atoms with Crippen molar-refractivity contribution in [3.8, 4) is 0 Å². The van der Waals surface area contributed by atoms with Crippen molar-refractivity contribution in [1.29, 1.82) is 0 Å². The fourth-order valence-electron chi connectivity index (χ4n) is 8.55. The summed E-state index contributed by atoms with van der Waals surface area (Å²) in [5.41, 5.74) is -2.29. The molecule has 0 aromatic carbocycles. The summed E-state index contributed by atoms with van der Waals surface area (Å²) in [5, 5.41) is 26.1. The van der Waals surface area contributed by atoms with Gasteiger partial charge in [0.2, 0.25) is 11.7 Å². The van der Waals surface area contributed by atoms with Crippen LogP contribution in [0.3, 0.4) is 0 Å². The normalized spacial score (nSPS) is 47.6. The number of carbonyl (C=O) groups excluding carboxylic acids is 3. The second-order valence-electron chi connectivity index (χ2n) is 11.5. The minimum absolute atomic E-state index is 0.00108. The zero-order valence-electron chi connectivity index (χ0n) is 19.9. The molecule has 0 aromatic heterocycles. The van der Waals surface area contributed by atoms with Crippen LogP contribution >= 0.6 is 0 Å². The van der Waals surface area contributed by atoms with Crippen molar-refractivity contribution in [3.05, 3.63) is 0 Å². The van der Waals surface area contributed by atoms with E-state index in [1.165, 1.54) is 6.92 Å². The van der Waals surface area contributed by atoms with Crippen molar-refractivity contribution in [2.24, 2.45) is 34.5 Å². The molecule has 9 atom stereocenters. The maximum absolute atomic E-state index is 13.0. The first-order valence-corrected chi connectivity index (χ1v) is 12.3. The van der Waals surface area contributed by atoms with Crippen LogP contribution in [0, 0.1) is 34.5 Å². The van der Waals surface area contributed by atoms with Gasteiger partial charge in [-0.1, -0.05) is 13.8 Å². The standard InChI is InChI=1S/C25H39NO6/c1-14(27)26-17-7-9-23(3)16(11-17)5-6-18-19-8-10-25(31,21(30)13-32-15(2)28)24(19,4)12-20(29)22(18)23/h16-20,22,29,31H,5-13H2,1-4H3,(H,26,27)/t16-,17+,18+,19+,20+,22-,23+,24+,25-/m1/s1. The average molecular weight is 450 g/mol. The van der Waals surface area contributed by atoms with Gasteiger partial charge in [0, 0.05) is 25.3 Å². The number of ether oxygens (including phenoxy) is 1. The van der Waals surface area contributed by atoms with E-state index in [9.17, 15) is 24.6 Å². The second-order valence-corrected chi connectivity index (χ2v) is 11.5. The van der Waals surface area contributed by atoms with Gasteiger partial charge < -0.3 is 20.3 Å². The lowest BCUT2D eigenvalue weighted by molar-refractivity contribution is -0.200. The Morgan fingerprint density at radius 2 is 1.78 bits per heavy atom. The van der Waals surface area contributed by atoms with Crippen LogP contribution < -0.4 is 5.32 Å². The monoisotopic (exact) mass is 449 g/mol. The lowest BCUT2D eigenvalue weighted by Crippen LogP contribution is -2.63. The summed E-state index contributed by atoms with van der Waals surface area (Å²) in [6.07, 6.45) is 5.79. The molecule has 0 saturated heterocycles. The van der Waals surface area contributed by atoms with E-state index in [2.05, 4.69) is 12.2 Å². The van der Waals surface area contributed by atoms with Crippen LogP contribution in [0.2, 0.25) is 0 Å². The van der Waals surface area contributed by atoms with Gasteiger partial charge in [-0.15, -0.1) is 0 Å². The molecule has 0 unspecified atom stereocenters. The van der Waals surface area contributed by atoms with Crippen molar-refractivity contribution in [2.75, 3.05) is 6.61 Å². The molecule has 3 N–H and O–H groups in total. The van der Waals surface area contributed by atoms with E-state index in [1.807, 2.05) is 6.92 Å². The van der Waals surface area contributed by atoms with E-state index in [1.54, 1.807) is 6.92 Å². The van der Waals surface area contributed by atoms with Crippen molar-refractivity contribution in [2.45, 2.75) is 96.8 Å². The average Bonchev–Trinajstić information content (AvgIpc) is 2.97. The van der Waals surface area contributed by atoms with Crippen LogP contribution in [-0.2, 0) is 19.1 Å². The van der Waals surface area contributed by atoms with Crippen molar-refractivity contribution >= 4 is 17.7 Å². The van der Waals surface area contributed by atoms with Crippen molar-refractivity contribution in [3.63, 3.8) is 0 Å². The summed E-state index contributed by atoms with van der Waals surface area (Å²) >= 11 is 0. The Morgan fingerprint density at radius 1 is 1.06 bits per heavy atom. The molecule has 4 saturated carbocycles. The number of carbonyl (C=O) groups is 3. The number of rotatable bonds is 4. The second kappa shape index (κ2) is 8.08. The molecule has 0 heterocycles. The highest BCUT2D eigenvalue weighted by Crippen LogP contribution is 2.68. The molecular formula is C25H39NO6. The number of nitrogens with one attached hydrogen (secondary N) is 1. The highest BCUT2D eigenvalue weighted by molar-refractivity contribution is 5.91. The molecule has 7 nitrogen and oxygen atoms in total. The van der Waals surface area contributed by atoms with Crippen LogP contribution in [0.25, 0.3) is 0 Å². The fourth-order valence-corrected chi connectivity index (χ4v) is 8.55. The number of fused-ring (bicyclic) bond motifs is 5. The first-order chi connectivity index (χ1) is 14.9. The third-order valence-corrected chi connectivity index (χ3v) is 10.0. The van der Waals surface area contributed by atoms with Gasteiger partial charge in [-0.3, -0.25) is 14.4 Å². The summed E-state index contributed by atoms with van der Waals surface area (Å²) in [7, 11) is 0. The molecule has 180 valence electrons. The van der Waals surface area contributed by atoms with Crippen LogP contribution in [-0.4, -0.2) is 52.2 Å². The number of Topliss-reactive ketones (excluding diaryl/α,β-unsaturated/α-hetero) is 1. The number of aliphatic hydroxyl groups is 2. The lowest BCUT2D eigenvalue weighted by atomic mass is 9.43. The van der Waals surface area contributed by atoms with E-state index in [-0.39, 0.29) is 35.1 Å². The van der Waals surface area contributed by atoms with Crippen LogP contribution in [0.4, 0.5) is 0 Å². The Morgan fingerprint density at radius 3 is 2.44 bits per heavy atom. The molecule has 0 spiro atoms. The Kier molecular flexibility index (Phi) is 5.98. The Hall–Kier alpha value is -1.47. The molecule has 0 bridgehead atoms. The van der Waals surface area contributed by atoms with Crippen LogP contribution in [0.1, 0.15) is 79.1 Å². The molecule has 32 heavy (non-hydrogen) atoms. The first-order valence-electron chi connectivity index (χ1n) is 12.3. The molecule has 4 fully saturated rings. The number of amides is 1. The summed E-state index contributed by atoms with van der Waals surface area (Å²) in [5.74, 6) is 0.0589. The number of esters is 1. The minimum Gasteiger partial charge on any atom is -0.458 e. The van der Waals surface area contributed by atoms with Crippen molar-refractivity contribution < 1.29 is 29.3 Å². The topological polar surface area (TPSA) is 113 Å². The van der Waals surface area contributed by atoms with Gasteiger partial charge in [0.25, 0.3) is 0 Å². The minimum atomic E-state index is -1.57. The summed E-state index contributed by atoms with van der Waals surface area (Å²) in [4.78, 5) is 35.7. The highest BCUT2D eigenvalue weighted by Gasteiger charge is 2.68. The SMILES string of the molecule is CC(=O)N[C@H]1CC[C@@]2(C)[C@H](CC[C@@H]3[C@@H]2[C@@H](O)C[C@@]2(C)[C@H]3CC[C@@]2(O)C(=O)COC(C)=O)C1. The zero-order valence-corrected chi connectivity index (χ0v) is 19.9. The largest absolute Gasteiger partial charge is 0.458 e. The molecule has 0 aliphatic heterocycles. The Balaban J connectivity index is 1.57. The molecule has 0 aromatic rings. The van der Waals surface area contributed by atoms with Crippen LogP contribution in [0.15, 0.2) is 0 Å². The van der Waals surface area contributed by atoms with Crippen LogP contribution in [0.5, 0.6) is 0 Å². The fraction of sp³-hybridized carbons (Fsp3) is 0.880. The number of ketones is 1. The van der Waals surface area contributed by atoms with E-state index < -0.39 is 35.5 Å². The first kappa shape index (κ1) is 23.7. The van der Waals surface area contributed by atoms with Gasteiger partial charge in [0.15, 0.2) is 6.61 Å². The van der Waals surface area contributed by atoms with Crippen molar-refractivity contribution in [1.82, 2.24) is 5.32 Å². The summed E-state index contributed by atoms with van der Waals surface area (Å²) in [6, 6.07) is 0.212. The molecule has 1 amide bonds. The number of hydrogen-bond acceptors (Lipinski definition) is 6. The maximum atomic E-state index is 13.0. The highest BCUT2D eigenvalue weighted by atomic mass is 16.5.